The van der Waals surface area contributed by atoms with Gasteiger partial charge in [0, 0.05) is 6.20 Å². The molecule has 0 unspecified atom stereocenters. The Morgan fingerprint density at radius 2 is 2.25 bits per heavy atom. The molecular formula is C11H17N3O2. The van der Waals surface area contributed by atoms with E-state index < -0.39 is 11.5 Å². The van der Waals surface area contributed by atoms with E-state index in [9.17, 15) is 9.90 Å². The highest BCUT2D eigenvalue weighted by Crippen LogP contribution is 2.34. The summed E-state index contributed by atoms with van der Waals surface area (Å²) in [4.78, 5) is 10.9. The second-order valence-electron chi connectivity index (χ2n) is 4.80. The van der Waals surface area contributed by atoms with E-state index in [0.29, 0.717) is 5.56 Å². The van der Waals surface area contributed by atoms with Gasteiger partial charge in [0.15, 0.2) is 0 Å². The Balaban J connectivity index is 2.05. The van der Waals surface area contributed by atoms with E-state index in [1.165, 1.54) is 6.20 Å². The van der Waals surface area contributed by atoms with Crippen molar-refractivity contribution in [1.29, 1.82) is 0 Å². The zero-order valence-electron chi connectivity index (χ0n) is 9.39. The summed E-state index contributed by atoms with van der Waals surface area (Å²) in [5.41, 5.74) is 5.06. The van der Waals surface area contributed by atoms with Gasteiger partial charge < -0.3 is 10.8 Å². The van der Waals surface area contributed by atoms with Gasteiger partial charge in [-0.25, -0.2) is 0 Å². The van der Waals surface area contributed by atoms with E-state index in [0.717, 1.165) is 25.7 Å². The lowest BCUT2D eigenvalue weighted by Crippen LogP contribution is -2.31. The molecule has 1 amide bonds. The third kappa shape index (κ3) is 2.24. The van der Waals surface area contributed by atoms with Crippen molar-refractivity contribution in [2.24, 2.45) is 5.73 Å². The maximum absolute atomic E-state index is 10.9. The third-order valence-corrected chi connectivity index (χ3v) is 3.29. The standard InChI is InChI=1S/C11H17N3O2/c1-11(16)4-2-9(3-5-11)14-7-8(6-13-14)10(12)15/h6-7,9,16H,2-5H2,1H3,(H2,12,15). The minimum atomic E-state index is -0.545. The van der Waals surface area contributed by atoms with Crippen molar-refractivity contribution in [2.45, 2.75) is 44.2 Å². The van der Waals surface area contributed by atoms with Crippen LogP contribution in [-0.2, 0) is 0 Å². The molecule has 0 atom stereocenters. The average Bonchev–Trinajstić information content (AvgIpc) is 2.66. The molecule has 3 N–H and O–H groups in total. The molecule has 88 valence electrons. The molecular weight excluding hydrogens is 206 g/mol. The minimum Gasteiger partial charge on any atom is -0.390 e. The number of nitrogens with zero attached hydrogens (tertiary/aromatic N) is 2. The zero-order valence-corrected chi connectivity index (χ0v) is 9.39. The fraction of sp³-hybridized carbons (Fsp3) is 0.636. The lowest BCUT2D eigenvalue weighted by Gasteiger charge is -2.33. The molecule has 1 saturated carbocycles. The predicted molar refractivity (Wildman–Crippen MR) is 58.9 cm³/mol. The van der Waals surface area contributed by atoms with Gasteiger partial charge in [0.05, 0.1) is 23.4 Å². The molecule has 1 aliphatic rings. The van der Waals surface area contributed by atoms with Gasteiger partial charge in [-0.3, -0.25) is 9.48 Å². The van der Waals surface area contributed by atoms with Gasteiger partial charge in [0.25, 0.3) is 5.91 Å². The van der Waals surface area contributed by atoms with Crippen molar-refractivity contribution >= 4 is 5.91 Å². The summed E-state index contributed by atoms with van der Waals surface area (Å²) < 4.78 is 1.79. The zero-order chi connectivity index (χ0) is 11.8. The molecule has 0 saturated heterocycles. The maximum Gasteiger partial charge on any atom is 0.251 e. The molecule has 1 aromatic heterocycles. The number of aliphatic hydroxyl groups is 1. The van der Waals surface area contributed by atoms with Crippen LogP contribution in [0.4, 0.5) is 0 Å². The smallest absolute Gasteiger partial charge is 0.251 e. The summed E-state index contributed by atoms with van der Waals surface area (Å²) in [6.07, 6.45) is 6.48. The molecule has 1 aromatic rings. The van der Waals surface area contributed by atoms with E-state index in [1.54, 1.807) is 10.9 Å². The fourth-order valence-electron chi connectivity index (χ4n) is 2.15. The van der Waals surface area contributed by atoms with Crippen LogP contribution in [0.1, 0.15) is 49.0 Å². The van der Waals surface area contributed by atoms with Crippen LogP contribution in [0.5, 0.6) is 0 Å². The highest BCUT2D eigenvalue weighted by Gasteiger charge is 2.29. The van der Waals surface area contributed by atoms with Crippen molar-refractivity contribution in [3.63, 3.8) is 0 Å². The molecule has 0 radical (unpaired) electrons. The van der Waals surface area contributed by atoms with Crippen LogP contribution in [-0.4, -0.2) is 26.4 Å². The normalized spacial score (nSPS) is 30.2. The van der Waals surface area contributed by atoms with Gasteiger partial charge in [-0.1, -0.05) is 0 Å². The molecule has 1 fully saturated rings. The minimum absolute atomic E-state index is 0.272. The second kappa shape index (κ2) is 3.90. The second-order valence-corrected chi connectivity index (χ2v) is 4.80. The lowest BCUT2D eigenvalue weighted by molar-refractivity contribution is 0.00849. The van der Waals surface area contributed by atoms with E-state index >= 15 is 0 Å². The van der Waals surface area contributed by atoms with Crippen LogP contribution < -0.4 is 5.73 Å². The number of nitrogens with two attached hydrogens (primary N) is 1. The monoisotopic (exact) mass is 223 g/mol. The van der Waals surface area contributed by atoms with Crippen molar-refractivity contribution in [3.8, 4) is 0 Å². The number of primary amides is 1. The number of hydrogen-bond acceptors (Lipinski definition) is 3. The Morgan fingerprint density at radius 1 is 1.62 bits per heavy atom. The molecule has 2 rings (SSSR count). The van der Waals surface area contributed by atoms with Crippen LogP contribution in [0.3, 0.4) is 0 Å². The number of carbonyl (C=O) groups is 1. The highest BCUT2D eigenvalue weighted by molar-refractivity contribution is 5.92. The van der Waals surface area contributed by atoms with E-state index in [1.807, 2.05) is 6.92 Å². The summed E-state index contributed by atoms with van der Waals surface area (Å²) in [6, 6.07) is 0.272. The first-order chi connectivity index (χ1) is 7.48. The molecule has 1 aliphatic carbocycles. The summed E-state index contributed by atoms with van der Waals surface area (Å²) in [5, 5.41) is 14.0. The van der Waals surface area contributed by atoms with Crippen molar-refractivity contribution in [2.75, 3.05) is 0 Å². The summed E-state index contributed by atoms with van der Waals surface area (Å²) in [6.45, 7) is 1.86. The molecule has 0 aromatic carbocycles. The number of carbonyl (C=O) groups excluding carboxylic acids is 1. The molecule has 16 heavy (non-hydrogen) atoms. The molecule has 1 heterocycles. The predicted octanol–water partition coefficient (Wildman–Crippen LogP) is 0.848. The van der Waals surface area contributed by atoms with Crippen LogP contribution in [0.2, 0.25) is 0 Å². The average molecular weight is 223 g/mol. The molecule has 0 aliphatic heterocycles. The van der Waals surface area contributed by atoms with Gasteiger partial charge in [0.2, 0.25) is 0 Å². The van der Waals surface area contributed by atoms with Gasteiger partial charge in [-0.2, -0.15) is 5.10 Å². The highest BCUT2D eigenvalue weighted by atomic mass is 16.3. The van der Waals surface area contributed by atoms with Crippen molar-refractivity contribution in [1.82, 2.24) is 9.78 Å². The molecule has 5 heteroatoms. The summed E-state index contributed by atoms with van der Waals surface area (Å²) in [7, 11) is 0. The Labute approximate surface area is 94.2 Å². The van der Waals surface area contributed by atoms with Crippen LogP contribution in [0.15, 0.2) is 12.4 Å². The Kier molecular flexibility index (Phi) is 2.71. The Morgan fingerprint density at radius 3 is 2.75 bits per heavy atom. The SMILES string of the molecule is CC1(O)CCC(n2cc(C(N)=O)cn2)CC1. The quantitative estimate of drug-likeness (QED) is 0.779. The number of hydrogen-bond donors (Lipinski definition) is 2. The first kappa shape index (κ1) is 11.1. The first-order valence-corrected chi connectivity index (χ1v) is 5.54. The van der Waals surface area contributed by atoms with Crippen LogP contribution in [0, 0.1) is 0 Å². The topological polar surface area (TPSA) is 81.1 Å². The third-order valence-electron chi connectivity index (χ3n) is 3.29. The number of amides is 1. The number of rotatable bonds is 2. The molecule has 0 bridgehead atoms. The largest absolute Gasteiger partial charge is 0.390 e. The fourth-order valence-corrected chi connectivity index (χ4v) is 2.15. The van der Waals surface area contributed by atoms with Crippen LogP contribution in [0.25, 0.3) is 0 Å². The van der Waals surface area contributed by atoms with Gasteiger partial charge in [0.1, 0.15) is 0 Å². The molecule has 0 spiro atoms. The van der Waals surface area contributed by atoms with E-state index in [-0.39, 0.29) is 6.04 Å². The van der Waals surface area contributed by atoms with Crippen molar-refractivity contribution < 1.29 is 9.90 Å². The van der Waals surface area contributed by atoms with E-state index in [2.05, 4.69) is 5.10 Å². The van der Waals surface area contributed by atoms with Gasteiger partial charge >= 0.3 is 0 Å². The lowest BCUT2D eigenvalue weighted by atomic mass is 9.84. The van der Waals surface area contributed by atoms with Crippen LogP contribution >= 0.6 is 0 Å². The summed E-state index contributed by atoms with van der Waals surface area (Å²) >= 11 is 0. The maximum atomic E-state index is 10.9. The number of aromatic nitrogens is 2. The van der Waals surface area contributed by atoms with Gasteiger partial charge in [-0.05, 0) is 32.6 Å². The Hall–Kier alpha value is -1.36. The van der Waals surface area contributed by atoms with Crippen molar-refractivity contribution in [3.05, 3.63) is 18.0 Å². The Bertz CT molecular complexity index is 388. The first-order valence-electron chi connectivity index (χ1n) is 5.54. The summed E-state index contributed by atoms with van der Waals surface area (Å²) in [5.74, 6) is -0.450. The van der Waals surface area contributed by atoms with Gasteiger partial charge in [-0.15, -0.1) is 0 Å². The molecule has 5 nitrogen and oxygen atoms in total. The van der Waals surface area contributed by atoms with E-state index in [4.69, 9.17) is 5.73 Å².